The molecule has 2 N–H and O–H groups in total. The summed E-state index contributed by atoms with van der Waals surface area (Å²) in [7, 11) is 1.77. The summed E-state index contributed by atoms with van der Waals surface area (Å²) >= 11 is 0. The lowest BCUT2D eigenvalue weighted by atomic mass is 10.2. The highest BCUT2D eigenvalue weighted by atomic mass is 16.2. The fourth-order valence-corrected chi connectivity index (χ4v) is 1.80. The van der Waals surface area contributed by atoms with Gasteiger partial charge in [0, 0.05) is 26.3 Å². The van der Waals surface area contributed by atoms with Crippen LogP contribution in [0.1, 0.15) is 21.6 Å². The van der Waals surface area contributed by atoms with Crippen molar-refractivity contribution in [2.45, 2.75) is 13.1 Å². The van der Waals surface area contributed by atoms with Crippen LogP contribution in [0.4, 0.5) is 0 Å². The van der Waals surface area contributed by atoms with E-state index in [0.29, 0.717) is 18.8 Å². The molecule has 1 heterocycles. The molecule has 4 nitrogen and oxygen atoms in total. The summed E-state index contributed by atoms with van der Waals surface area (Å²) in [5.41, 5.74) is 7.96. The molecule has 0 fully saturated rings. The molecule has 98 valence electrons. The number of carbonyl (C=O) groups excluding carboxylic acids is 1. The molecule has 2 rings (SSSR count). The van der Waals surface area contributed by atoms with Crippen molar-refractivity contribution >= 4 is 5.91 Å². The predicted octanol–water partition coefficient (Wildman–Crippen LogP) is 1.81. The van der Waals surface area contributed by atoms with Crippen LogP contribution in [0.15, 0.2) is 48.7 Å². The van der Waals surface area contributed by atoms with Gasteiger partial charge < -0.3 is 10.6 Å². The number of benzene rings is 1. The van der Waals surface area contributed by atoms with E-state index in [-0.39, 0.29) is 5.91 Å². The topological polar surface area (TPSA) is 59.2 Å². The van der Waals surface area contributed by atoms with Gasteiger partial charge in [-0.25, -0.2) is 0 Å². The maximum Gasteiger partial charge on any atom is 0.272 e. The number of hydrogen-bond donors (Lipinski definition) is 1. The molecule has 0 radical (unpaired) electrons. The molecular formula is C15H17N3O. The molecule has 0 aliphatic rings. The summed E-state index contributed by atoms with van der Waals surface area (Å²) in [6, 6.07) is 13.4. The van der Waals surface area contributed by atoms with Crippen molar-refractivity contribution in [3.8, 4) is 0 Å². The van der Waals surface area contributed by atoms with Gasteiger partial charge in [-0.3, -0.25) is 9.78 Å². The summed E-state index contributed by atoms with van der Waals surface area (Å²) in [6.45, 7) is 1.00. The number of pyridine rings is 1. The smallest absolute Gasteiger partial charge is 0.272 e. The van der Waals surface area contributed by atoms with Gasteiger partial charge in [-0.2, -0.15) is 0 Å². The minimum absolute atomic E-state index is 0.0903. The van der Waals surface area contributed by atoms with E-state index in [1.165, 1.54) is 0 Å². The zero-order valence-corrected chi connectivity index (χ0v) is 10.9. The van der Waals surface area contributed by atoms with Gasteiger partial charge in [0.25, 0.3) is 5.91 Å². The van der Waals surface area contributed by atoms with Gasteiger partial charge in [-0.15, -0.1) is 0 Å². The maximum atomic E-state index is 12.2. The molecule has 4 heteroatoms. The van der Waals surface area contributed by atoms with Gasteiger partial charge in [0.1, 0.15) is 5.69 Å². The molecule has 0 saturated heterocycles. The van der Waals surface area contributed by atoms with E-state index in [1.807, 2.05) is 36.4 Å². The highest BCUT2D eigenvalue weighted by Gasteiger charge is 2.13. The van der Waals surface area contributed by atoms with E-state index < -0.39 is 0 Å². The third kappa shape index (κ3) is 3.39. The summed E-state index contributed by atoms with van der Waals surface area (Å²) in [5, 5.41) is 0. The molecule has 19 heavy (non-hydrogen) atoms. The van der Waals surface area contributed by atoms with Crippen LogP contribution < -0.4 is 5.73 Å². The van der Waals surface area contributed by atoms with Crippen LogP contribution in [0, 0.1) is 0 Å². The zero-order chi connectivity index (χ0) is 13.7. The first-order chi connectivity index (χ1) is 9.20. The van der Waals surface area contributed by atoms with Gasteiger partial charge in [0.15, 0.2) is 0 Å². The highest BCUT2D eigenvalue weighted by molar-refractivity contribution is 5.92. The number of amides is 1. The average Bonchev–Trinajstić information content (AvgIpc) is 2.47. The van der Waals surface area contributed by atoms with Crippen LogP contribution in [-0.4, -0.2) is 22.8 Å². The Kier molecular flexibility index (Phi) is 4.26. The van der Waals surface area contributed by atoms with Gasteiger partial charge in [0.2, 0.25) is 0 Å². The van der Waals surface area contributed by atoms with Gasteiger partial charge in [0.05, 0.1) is 0 Å². The molecule has 0 unspecified atom stereocenters. The molecule has 2 aromatic rings. The number of rotatable bonds is 4. The first-order valence-corrected chi connectivity index (χ1v) is 6.15. The summed E-state index contributed by atoms with van der Waals surface area (Å²) in [4.78, 5) is 18.0. The molecule has 1 amide bonds. The maximum absolute atomic E-state index is 12.2. The summed E-state index contributed by atoms with van der Waals surface area (Å²) < 4.78 is 0. The van der Waals surface area contributed by atoms with Crippen molar-refractivity contribution < 1.29 is 4.79 Å². The molecule has 0 bridgehead atoms. The Hall–Kier alpha value is -2.20. The van der Waals surface area contributed by atoms with E-state index in [4.69, 9.17) is 5.73 Å². The van der Waals surface area contributed by atoms with E-state index in [1.54, 1.807) is 24.2 Å². The number of carbonyl (C=O) groups is 1. The van der Waals surface area contributed by atoms with E-state index in [9.17, 15) is 4.79 Å². The van der Waals surface area contributed by atoms with E-state index in [0.717, 1.165) is 11.1 Å². The number of nitrogens with two attached hydrogens (primary N) is 1. The van der Waals surface area contributed by atoms with E-state index >= 15 is 0 Å². The molecule has 1 aromatic heterocycles. The number of hydrogen-bond acceptors (Lipinski definition) is 3. The second-order valence-electron chi connectivity index (χ2n) is 4.40. The minimum atomic E-state index is -0.0903. The lowest BCUT2D eigenvalue weighted by molar-refractivity contribution is 0.0779. The quantitative estimate of drug-likeness (QED) is 0.906. The Labute approximate surface area is 112 Å². The van der Waals surface area contributed by atoms with Crippen LogP contribution in [0.5, 0.6) is 0 Å². The largest absolute Gasteiger partial charge is 0.336 e. The van der Waals surface area contributed by atoms with Crippen LogP contribution in [-0.2, 0) is 13.1 Å². The molecular weight excluding hydrogens is 238 g/mol. The third-order valence-corrected chi connectivity index (χ3v) is 2.89. The molecule has 0 atom stereocenters. The Bertz CT molecular complexity index is 537. The van der Waals surface area contributed by atoms with Crippen molar-refractivity contribution in [1.29, 1.82) is 0 Å². The Morgan fingerprint density at radius 2 is 1.89 bits per heavy atom. The van der Waals surface area contributed by atoms with Crippen LogP contribution in [0.25, 0.3) is 0 Å². The minimum Gasteiger partial charge on any atom is -0.336 e. The van der Waals surface area contributed by atoms with Crippen molar-refractivity contribution in [2.75, 3.05) is 7.05 Å². The van der Waals surface area contributed by atoms with Gasteiger partial charge in [-0.1, -0.05) is 36.4 Å². The highest BCUT2D eigenvalue weighted by Crippen LogP contribution is 2.07. The first kappa shape index (κ1) is 13.2. The fraction of sp³-hybridized carbons (Fsp3) is 0.200. The zero-order valence-electron chi connectivity index (χ0n) is 10.9. The normalized spacial score (nSPS) is 10.2. The molecule has 0 aliphatic carbocycles. The van der Waals surface area contributed by atoms with Crippen LogP contribution >= 0.6 is 0 Å². The molecule has 0 spiro atoms. The molecule has 0 saturated carbocycles. The molecule has 0 aliphatic heterocycles. The van der Waals surface area contributed by atoms with E-state index in [2.05, 4.69) is 4.98 Å². The standard InChI is InChI=1S/C15H17N3O/c1-18(11-12-5-3-2-4-6-12)15(19)14-8-7-13(9-16)10-17-14/h2-8,10H,9,11,16H2,1H3. The second kappa shape index (κ2) is 6.11. The lowest BCUT2D eigenvalue weighted by Gasteiger charge is -2.16. The summed E-state index contributed by atoms with van der Waals surface area (Å²) in [5.74, 6) is -0.0903. The SMILES string of the molecule is CN(Cc1ccccc1)C(=O)c1ccc(CN)cn1. The van der Waals surface area contributed by atoms with Crippen LogP contribution in [0.2, 0.25) is 0 Å². The van der Waals surface area contributed by atoms with Gasteiger partial charge in [-0.05, 0) is 17.2 Å². The Morgan fingerprint density at radius 3 is 2.47 bits per heavy atom. The number of nitrogens with zero attached hydrogens (tertiary/aromatic N) is 2. The van der Waals surface area contributed by atoms with Gasteiger partial charge >= 0.3 is 0 Å². The summed E-state index contributed by atoms with van der Waals surface area (Å²) in [6.07, 6.45) is 1.64. The van der Waals surface area contributed by atoms with Crippen molar-refractivity contribution in [3.63, 3.8) is 0 Å². The first-order valence-electron chi connectivity index (χ1n) is 6.15. The fourth-order valence-electron chi connectivity index (χ4n) is 1.80. The lowest BCUT2D eigenvalue weighted by Crippen LogP contribution is -2.27. The third-order valence-electron chi connectivity index (χ3n) is 2.89. The second-order valence-corrected chi connectivity index (χ2v) is 4.40. The predicted molar refractivity (Wildman–Crippen MR) is 74.4 cm³/mol. The Morgan fingerprint density at radius 1 is 1.16 bits per heavy atom. The number of aromatic nitrogens is 1. The van der Waals surface area contributed by atoms with Crippen molar-refractivity contribution in [2.24, 2.45) is 5.73 Å². The Balaban J connectivity index is 2.06. The monoisotopic (exact) mass is 255 g/mol. The van der Waals surface area contributed by atoms with Crippen LogP contribution in [0.3, 0.4) is 0 Å². The van der Waals surface area contributed by atoms with Crippen molar-refractivity contribution in [3.05, 3.63) is 65.5 Å². The molecule has 1 aromatic carbocycles. The average molecular weight is 255 g/mol. The van der Waals surface area contributed by atoms with Crippen molar-refractivity contribution in [1.82, 2.24) is 9.88 Å².